The highest BCUT2D eigenvalue weighted by Gasteiger charge is 2.46. The molecule has 0 aliphatic heterocycles. The van der Waals surface area contributed by atoms with Gasteiger partial charge in [0.25, 0.3) is 0 Å². The Hall–Kier alpha value is -2.71. The highest BCUT2D eigenvalue weighted by Crippen LogP contribution is 2.50. The fraction of sp³-hybridized carbons (Fsp3) is 0.855. The van der Waals surface area contributed by atoms with Crippen LogP contribution in [0.4, 0.5) is 9.59 Å². The molecule has 4 atom stereocenters. The average Bonchev–Trinajstić information content (AvgIpc) is 1.90. The molecule has 2 aliphatic rings. The SMILES string of the molecule is C=CC(=C)OCCOC(=O)CC1CC(C)(C)CC(C)(CNC(=O)OCC(COCCC[Si](C)(O[Si](C)(C)C)O[Si](C)(C)C)(COCCC[Si](C)(O[Si](C)(C)C)O[Si](C)(C)C)COC(=O)NC2CC(C)(C)CC(C)(CCC(=O)OCCCOC(C)=O)C2)C1. The number of amides is 2. The molecule has 0 saturated heterocycles. The zero-order valence-corrected chi connectivity index (χ0v) is 64.3. The summed E-state index contributed by atoms with van der Waals surface area (Å²) in [5, 5.41) is 6.25. The smallest absolute Gasteiger partial charge is 0.407 e. The third-order valence-electron chi connectivity index (χ3n) is 14.8. The van der Waals surface area contributed by atoms with Crippen molar-refractivity contribution in [3.63, 3.8) is 0 Å². The summed E-state index contributed by atoms with van der Waals surface area (Å²) >= 11 is 0. The van der Waals surface area contributed by atoms with Crippen LogP contribution < -0.4 is 10.6 Å². The standard InChI is InChI=1S/C62H122N2O17Si6/c1-24-50(2)72-34-35-75-55(67)38-52-39-58(4,5)44-61(9,40-52)45-63-56(68)76-48-62(46-70-30-26-36-86(22,78-82(10,11)12)79-83(13,14)15,47-71-31-27-37-87(23,80-84(16,17)18)81-85(19,20)21)49-77-57(69)64-53-41-59(6,7)43-60(8,42-53)29-28-54(66)74-33-25-32-73-51(3)65/h24,52-53H,1-2,25-49H2,3-23H3,(H,63,68)(H,64,69). The number of hydrogen-bond acceptors (Lipinski definition) is 17. The van der Waals surface area contributed by atoms with Crippen molar-refractivity contribution in [2.75, 3.05) is 72.6 Å². The van der Waals surface area contributed by atoms with Gasteiger partial charge in [0.1, 0.15) is 32.2 Å². The molecule has 25 heteroatoms. The molecule has 506 valence electrons. The molecule has 0 aromatic carbocycles. The quantitative estimate of drug-likeness (QED) is 0.0145. The Morgan fingerprint density at radius 3 is 1.48 bits per heavy atom. The van der Waals surface area contributed by atoms with Gasteiger partial charge in [-0.15, -0.1) is 0 Å². The summed E-state index contributed by atoms with van der Waals surface area (Å²) in [4.78, 5) is 65.5. The predicted octanol–water partition coefficient (Wildman–Crippen LogP) is 14.1. The fourth-order valence-electron chi connectivity index (χ4n) is 13.3. The molecule has 2 fully saturated rings. The number of hydrogen-bond donors (Lipinski definition) is 2. The Labute approximate surface area is 532 Å². The highest BCUT2D eigenvalue weighted by atomic mass is 28.5. The van der Waals surface area contributed by atoms with Crippen molar-refractivity contribution >= 4 is 80.5 Å². The summed E-state index contributed by atoms with van der Waals surface area (Å²) in [6.45, 7) is 53.6. The van der Waals surface area contributed by atoms with Gasteiger partial charge in [0, 0.05) is 52.0 Å². The first kappa shape index (κ1) is 80.4. The van der Waals surface area contributed by atoms with Gasteiger partial charge in [-0.3, -0.25) is 14.4 Å². The van der Waals surface area contributed by atoms with Crippen molar-refractivity contribution in [3.05, 3.63) is 25.0 Å². The molecule has 0 aromatic rings. The molecule has 0 aromatic heterocycles. The van der Waals surface area contributed by atoms with Gasteiger partial charge in [0.2, 0.25) is 0 Å². The van der Waals surface area contributed by atoms with E-state index < -0.39 is 68.0 Å². The van der Waals surface area contributed by atoms with Crippen LogP contribution in [0.2, 0.25) is 104 Å². The summed E-state index contributed by atoms with van der Waals surface area (Å²) < 4.78 is 74.3. The van der Waals surface area contributed by atoms with Crippen molar-refractivity contribution in [2.24, 2.45) is 33.0 Å². The normalized spacial score (nSPS) is 21.0. The van der Waals surface area contributed by atoms with Crippen molar-refractivity contribution in [3.8, 4) is 0 Å². The van der Waals surface area contributed by atoms with Gasteiger partial charge in [-0.1, -0.05) is 54.7 Å². The zero-order valence-electron chi connectivity index (χ0n) is 58.3. The maximum absolute atomic E-state index is 14.3. The second-order valence-electron chi connectivity index (χ2n) is 31.6. The molecule has 2 rings (SSSR count). The maximum Gasteiger partial charge on any atom is 0.407 e. The summed E-state index contributed by atoms with van der Waals surface area (Å²) in [5.74, 6) is -0.554. The monoisotopic (exact) mass is 1330 g/mol. The van der Waals surface area contributed by atoms with Crippen LogP contribution in [0.1, 0.15) is 126 Å². The molecule has 2 saturated carbocycles. The number of allylic oxidation sites excluding steroid dienone is 1. The van der Waals surface area contributed by atoms with E-state index in [2.05, 4.69) is 157 Å². The highest BCUT2D eigenvalue weighted by molar-refractivity contribution is 6.88. The summed E-state index contributed by atoms with van der Waals surface area (Å²) in [6.07, 6.45) is 7.47. The molecular formula is C62H122N2O17Si6. The van der Waals surface area contributed by atoms with Gasteiger partial charge in [-0.05, 0) is 195 Å². The van der Waals surface area contributed by atoms with E-state index in [0.29, 0.717) is 70.5 Å². The van der Waals surface area contributed by atoms with E-state index in [1.54, 1.807) is 0 Å². The number of ether oxygens (including phenoxy) is 8. The lowest BCUT2D eigenvalue weighted by atomic mass is 9.60. The first-order valence-corrected chi connectivity index (χ1v) is 50.5. The van der Waals surface area contributed by atoms with Crippen molar-refractivity contribution in [1.82, 2.24) is 10.6 Å². The molecule has 0 spiro atoms. The van der Waals surface area contributed by atoms with Gasteiger partial charge in [0.05, 0.1) is 31.8 Å². The molecule has 19 nitrogen and oxygen atoms in total. The molecule has 0 heterocycles. The van der Waals surface area contributed by atoms with Crippen LogP contribution >= 0.6 is 0 Å². The molecule has 0 radical (unpaired) electrons. The molecule has 2 amide bonds. The molecular weight excluding hydrogens is 1210 g/mol. The number of rotatable bonds is 41. The third-order valence-corrected chi connectivity index (χ3v) is 34.1. The van der Waals surface area contributed by atoms with E-state index in [0.717, 1.165) is 31.4 Å². The number of esters is 3. The second kappa shape index (κ2) is 34.8. The van der Waals surface area contributed by atoms with Gasteiger partial charge in [0.15, 0.2) is 33.3 Å². The minimum Gasteiger partial charge on any atom is -0.491 e. The van der Waals surface area contributed by atoms with Gasteiger partial charge < -0.3 is 65.0 Å². The van der Waals surface area contributed by atoms with E-state index in [-0.39, 0.29) is 117 Å². The predicted molar refractivity (Wildman–Crippen MR) is 359 cm³/mol. The van der Waals surface area contributed by atoms with Crippen LogP contribution in [0.3, 0.4) is 0 Å². The Balaban J connectivity index is 2.48. The number of nitrogens with one attached hydrogen (secondary N) is 2. The molecule has 2 aliphatic carbocycles. The number of alkyl carbamates (subject to hydrolysis) is 2. The van der Waals surface area contributed by atoms with Crippen molar-refractivity contribution in [1.29, 1.82) is 0 Å². The average molecular weight is 1340 g/mol. The number of carbonyl (C=O) groups excluding carboxylic acids is 5. The number of carbonyl (C=O) groups is 5. The lowest BCUT2D eigenvalue weighted by Gasteiger charge is -2.47. The van der Waals surface area contributed by atoms with Gasteiger partial charge in [-0.2, -0.15) is 0 Å². The maximum atomic E-state index is 14.3. The molecule has 2 N–H and O–H groups in total. The Bertz CT molecular complexity index is 2110. The van der Waals surface area contributed by atoms with Crippen LogP contribution in [-0.2, 0) is 68.7 Å². The van der Waals surface area contributed by atoms with Crippen LogP contribution in [0.5, 0.6) is 0 Å². The van der Waals surface area contributed by atoms with E-state index in [4.69, 9.17) is 54.4 Å². The summed E-state index contributed by atoms with van der Waals surface area (Å²) in [5.41, 5.74) is -2.11. The first-order chi connectivity index (χ1) is 39.7. The van der Waals surface area contributed by atoms with E-state index >= 15 is 0 Å². The minimum atomic E-state index is -2.60. The van der Waals surface area contributed by atoms with E-state index in [1.165, 1.54) is 13.0 Å². The minimum absolute atomic E-state index is 0.0295. The molecule has 4 unspecified atom stereocenters. The Kier molecular flexibility index (Phi) is 32.2. The second-order valence-corrected chi connectivity index (χ2v) is 57.3. The molecule has 0 bridgehead atoms. The lowest BCUT2D eigenvalue weighted by molar-refractivity contribution is -0.147. The van der Waals surface area contributed by atoms with Crippen LogP contribution in [-0.4, -0.2) is 159 Å². The van der Waals surface area contributed by atoms with Gasteiger partial charge >= 0.3 is 47.2 Å². The molecule has 87 heavy (non-hydrogen) atoms. The van der Waals surface area contributed by atoms with E-state index in [1.807, 2.05) is 0 Å². The first-order valence-electron chi connectivity index (χ1n) is 31.9. The van der Waals surface area contributed by atoms with Crippen LogP contribution in [0, 0.1) is 33.0 Å². The Morgan fingerprint density at radius 1 is 0.529 bits per heavy atom. The van der Waals surface area contributed by atoms with Crippen LogP contribution in [0.25, 0.3) is 0 Å². The van der Waals surface area contributed by atoms with Crippen molar-refractivity contribution < 1.29 is 78.3 Å². The largest absolute Gasteiger partial charge is 0.491 e. The van der Waals surface area contributed by atoms with Gasteiger partial charge in [-0.25, -0.2) is 9.59 Å². The summed E-state index contributed by atoms with van der Waals surface area (Å²) in [6, 6.07) is 1.18. The van der Waals surface area contributed by atoms with Crippen LogP contribution in [0.15, 0.2) is 25.0 Å². The van der Waals surface area contributed by atoms with E-state index in [9.17, 15) is 24.0 Å². The third kappa shape index (κ3) is 36.8. The fourth-order valence-corrected chi connectivity index (χ4v) is 38.3. The summed E-state index contributed by atoms with van der Waals surface area (Å²) in [7, 11) is -13.1. The Morgan fingerprint density at radius 2 is 0.989 bits per heavy atom. The zero-order chi connectivity index (χ0) is 66.4. The topological polar surface area (TPSA) is 220 Å². The van der Waals surface area contributed by atoms with Crippen molar-refractivity contribution in [2.45, 2.75) is 235 Å². The lowest BCUT2D eigenvalue weighted by Crippen LogP contribution is -2.52.